The van der Waals surface area contributed by atoms with Crippen LogP contribution in [0.15, 0.2) is 72.8 Å². The third kappa shape index (κ3) is 3.13. The van der Waals surface area contributed by atoms with Crippen LogP contribution in [0, 0.1) is 6.92 Å². The van der Waals surface area contributed by atoms with Crippen molar-refractivity contribution in [3.05, 3.63) is 95.2 Å². The van der Waals surface area contributed by atoms with E-state index in [2.05, 4.69) is 61.6 Å². The second kappa shape index (κ2) is 7.25. The predicted molar refractivity (Wildman–Crippen MR) is 119 cm³/mol. The molecule has 3 heteroatoms. The predicted octanol–water partition coefficient (Wildman–Crippen LogP) is 6.46. The fourth-order valence-electron chi connectivity index (χ4n) is 4.38. The summed E-state index contributed by atoms with van der Waals surface area (Å²) >= 11 is 0. The summed E-state index contributed by atoms with van der Waals surface area (Å²) in [5.74, 6) is 1.91. The summed E-state index contributed by atoms with van der Waals surface area (Å²) in [6.07, 6.45) is 1.02. The molecule has 0 fully saturated rings. The van der Waals surface area contributed by atoms with Crippen LogP contribution in [0.2, 0.25) is 0 Å². The molecule has 3 aromatic carbocycles. The van der Waals surface area contributed by atoms with E-state index in [9.17, 15) is 0 Å². The Morgan fingerprint density at radius 1 is 0.931 bits per heavy atom. The molecule has 1 unspecified atom stereocenters. The molecule has 29 heavy (non-hydrogen) atoms. The number of ether oxygens (including phenoxy) is 1. The van der Waals surface area contributed by atoms with Crippen LogP contribution in [0.4, 0.5) is 5.69 Å². The van der Waals surface area contributed by atoms with Gasteiger partial charge in [-0.2, -0.15) is 0 Å². The number of nitrogens with one attached hydrogen (secondary N) is 1. The monoisotopic (exact) mass is 380 g/mol. The van der Waals surface area contributed by atoms with Gasteiger partial charge in [0.25, 0.3) is 0 Å². The van der Waals surface area contributed by atoms with Gasteiger partial charge in [-0.1, -0.05) is 55.5 Å². The summed E-state index contributed by atoms with van der Waals surface area (Å²) in [6, 6.07) is 24.8. The van der Waals surface area contributed by atoms with Gasteiger partial charge in [0.2, 0.25) is 0 Å². The van der Waals surface area contributed by atoms with Gasteiger partial charge in [-0.25, -0.2) is 0 Å². The zero-order valence-corrected chi connectivity index (χ0v) is 16.8. The molecule has 0 saturated carbocycles. The average molecular weight is 380 g/mol. The van der Waals surface area contributed by atoms with Crippen molar-refractivity contribution < 1.29 is 4.74 Å². The number of aromatic nitrogens is 1. The quantitative estimate of drug-likeness (QED) is 0.441. The molecule has 1 aliphatic rings. The second-order valence-electron chi connectivity index (χ2n) is 7.65. The van der Waals surface area contributed by atoms with E-state index in [1.807, 2.05) is 30.3 Å². The van der Waals surface area contributed by atoms with E-state index in [0.717, 1.165) is 35.7 Å². The fraction of sp³-hybridized carbons (Fsp3) is 0.192. The molecule has 0 spiro atoms. The summed E-state index contributed by atoms with van der Waals surface area (Å²) in [7, 11) is 0. The van der Waals surface area contributed by atoms with Gasteiger partial charge < -0.3 is 10.1 Å². The van der Waals surface area contributed by atoms with E-state index >= 15 is 0 Å². The summed E-state index contributed by atoms with van der Waals surface area (Å²) in [6.45, 7) is 5.32. The van der Waals surface area contributed by atoms with E-state index in [-0.39, 0.29) is 5.92 Å². The molecule has 4 aromatic rings. The van der Waals surface area contributed by atoms with Crippen LogP contribution in [0.1, 0.15) is 35.2 Å². The highest BCUT2D eigenvalue weighted by atomic mass is 16.5. The van der Waals surface area contributed by atoms with Crippen molar-refractivity contribution in [2.45, 2.75) is 26.2 Å². The molecule has 0 aliphatic carbocycles. The Hall–Kier alpha value is -3.33. The van der Waals surface area contributed by atoms with Crippen molar-refractivity contribution in [3.8, 4) is 11.5 Å². The van der Waals surface area contributed by atoms with Gasteiger partial charge in [0, 0.05) is 34.8 Å². The molecule has 0 radical (unpaired) electrons. The van der Waals surface area contributed by atoms with Gasteiger partial charge in [0.1, 0.15) is 11.5 Å². The number of rotatable bonds is 4. The second-order valence-corrected chi connectivity index (χ2v) is 7.65. The van der Waals surface area contributed by atoms with E-state index in [1.165, 1.54) is 27.8 Å². The van der Waals surface area contributed by atoms with Crippen LogP contribution in [0.3, 0.4) is 0 Å². The molecule has 2 heterocycles. The Balaban J connectivity index is 1.77. The van der Waals surface area contributed by atoms with Crippen LogP contribution in [0.5, 0.6) is 11.5 Å². The van der Waals surface area contributed by atoms with Gasteiger partial charge in [-0.05, 0) is 48.7 Å². The van der Waals surface area contributed by atoms with Crippen LogP contribution >= 0.6 is 0 Å². The SMILES string of the molecule is Cc1nc2ccc(Oc3ccccc3)c(C(C)c3ccccc3)c2c2c1CCN2. The number of hydrogen-bond donors (Lipinski definition) is 1. The summed E-state index contributed by atoms with van der Waals surface area (Å²) in [5.41, 5.74) is 7.15. The van der Waals surface area contributed by atoms with E-state index in [1.54, 1.807) is 0 Å². The number of pyridine rings is 1. The van der Waals surface area contributed by atoms with Gasteiger partial charge in [0.05, 0.1) is 5.52 Å². The maximum absolute atomic E-state index is 6.39. The molecule has 0 bridgehead atoms. The van der Waals surface area contributed by atoms with Crippen LogP contribution in [-0.2, 0) is 6.42 Å². The molecule has 5 rings (SSSR count). The highest BCUT2D eigenvalue weighted by Gasteiger charge is 2.25. The van der Waals surface area contributed by atoms with Crippen molar-refractivity contribution in [1.29, 1.82) is 0 Å². The lowest BCUT2D eigenvalue weighted by Gasteiger charge is -2.22. The minimum absolute atomic E-state index is 0.176. The fourth-order valence-corrected chi connectivity index (χ4v) is 4.38. The Labute approximate surface area is 171 Å². The minimum Gasteiger partial charge on any atom is -0.457 e. The first-order valence-corrected chi connectivity index (χ1v) is 10.2. The van der Waals surface area contributed by atoms with Crippen molar-refractivity contribution in [1.82, 2.24) is 4.98 Å². The largest absolute Gasteiger partial charge is 0.457 e. The van der Waals surface area contributed by atoms with Gasteiger partial charge >= 0.3 is 0 Å². The number of aryl methyl sites for hydroxylation is 1. The third-order valence-electron chi connectivity index (χ3n) is 5.84. The number of benzene rings is 3. The maximum atomic E-state index is 6.39. The zero-order valence-electron chi connectivity index (χ0n) is 16.8. The van der Waals surface area contributed by atoms with Crippen LogP contribution < -0.4 is 10.1 Å². The highest BCUT2D eigenvalue weighted by molar-refractivity contribution is 5.99. The smallest absolute Gasteiger partial charge is 0.132 e. The Bertz CT molecular complexity index is 1170. The third-order valence-corrected chi connectivity index (χ3v) is 5.84. The molecule has 0 saturated heterocycles. The minimum atomic E-state index is 0.176. The summed E-state index contributed by atoms with van der Waals surface area (Å²) < 4.78 is 6.39. The van der Waals surface area contributed by atoms with E-state index in [4.69, 9.17) is 9.72 Å². The average Bonchev–Trinajstić information content (AvgIpc) is 3.26. The molecule has 0 amide bonds. The number of fused-ring (bicyclic) bond motifs is 3. The van der Waals surface area contributed by atoms with Gasteiger partial charge in [-0.15, -0.1) is 0 Å². The first-order chi connectivity index (χ1) is 14.2. The van der Waals surface area contributed by atoms with E-state index in [0.29, 0.717) is 0 Å². The lowest BCUT2D eigenvalue weighted by Crippen LogP contribution is -2.04. The zero-order chi connectivity index (χ0) is 19.8. The van der Waals surface area contributed by atoms with Crippen molar-refractivity contribution in [3.63, 3.8) is 0 Å². The molecule has 1 N–H and O–H groups in total. The first-order valence-electron chi connectivity index (χ1n) is 10.2. The Morgan fingerprint density at radius 3 is 2.41 bits per heavy atom. The molecule has 1 atom stereocenters. The normalized spacial score (nSPS) is 13.7. The molecule has 1 aromatic heterocycles. The molecule has 3 nitrogen and oxygen atoms in total. The molecule has 1 aliphatic heterocycles. The van der Waals surface area contributed by atoms with Gasteiger partial charge in [-0.3, -0.25) is 4.98 Å². The lowest BCUT2D eigenvalue weighted by molar-refractivity contribution is 0.475. The summed E-state index contributed by atoms with van der Waals surface area (Å²) in [5, 5.41) is 4.81. The molecular formula is C26H24N2O. The Kier molecular flexibility index (Phi) is 4.44. The standard InChI is InChI=1S/C26H24N2O/c1-17(19-9-5-3-6-10-19)24-23(29-20-11-7-4-8-12-20)14-13-22-25(24)26-21(15-16-27-26)18(2)28-22/h3-14,17,27H,15-16H2,1-2H3. The van der Waals surface area contributed by atoms with Crippen molar-refractivity contribution in [2.75, 3.05) is 11.9 Å². The number of anilines is 1. The van der Waals surface area contributed by atoms with Crippen molar-refractivity contribution in [2.24, 2.45) is 0 Å². The van der Waals surface area contributed by atoms with E-state index < -0.39 is 0 Å². The molecular weight excluding hydrogens is 356 g/mol. The van der Waals surface area contributed by atoms with Crippen LogP contribution in [-0.4, -0.2) is 11.5 Å². The topological polar surface area (TPSA) is 34.1 Å². The number of para-hydroxylation sites is 1. The first kappa shape index (κ1) is 17.7. The number of nitrogens with zero attached hydrogens (tertiary/aromatic N) is 1. The maximum Gasteiger partial charge on any atom is 0.132 e. The van der Waals surface area contributed by atoms with Gasteiger partial charge in [0.15, 0.2) is 0 Å². The highest BCUT2D eigenvalue weighted by Crippen LogP contribution is 2.44. The van der Waals surface area contributed by atoms with Crippen molar-refractivity contribution >= 4 is 16.6 Å². The molecule has 144 valence electrons. The number of hydrogen-bond acceptors (Lipinski definition) is 3. The van der Waals surface area contributed by atoms with Crippen LogP contribution in [0.25, 0.3) is 10.9 Å². The Morgan fingerprint density at radius 2 is 1.66 bits per heavy atom. The lowest BCUT2D eigenvalue weighted by atomic mass is 9.88. The summed E-state index contributed by atoms with van der Waals surface area (Å²) in [4.78, 5) is 4.94.